The number of anilines is 1. The van der Waals surface area contributed by atoms with Crippen molar-refractivity contribution in [1.29, 1.82) is 0 Å². The molecule has 5 nitrogen and oxygen atoms in total. The van der Waals surface area contributed by atoms with Crippen molar-refractivity contribution >= 4 is 28.5 Å². The van der Waals surface area contributed by atoms with Crippen LogP contribution in [0, 0.1) is 0 Å². The summed E-state index contributed by atoms with van der Waals surface area (Å²) in [5.74, 6) is 2.35. The van der Waals surface area contributed by atoms with Gasteiger partial charge in [-0.15, -0.1) is 0 Å². The van der Waals surface area contributed by atoms with Crippen LogP contribution in [0.1, 0.15) is 31.2 Å². The van der Waals surface area contributed by atoms with Gasteiger partial charge < -0.3 is 5.73 Å². The summed E-state index contributed by atoms with van der Waals surface area (Å²) in [5, 5.41) is 1.79. The lowest BCUT2D eigenvalue weighted by Crippen LogP contribution is -2.01. The minimum atomic E-state index is 0.517. The van der Waals surface area contributed by atoms with E-state index in [2.05, 4.69) is 57.6 Å². The summed E-state index contributed by atoms with van der Waals surface area (Å²) < 4.78 is 2.08. The third-order valence-corrected chi connectivity index (χ3v) is 5.42. The fourth-order valence-corrected chi connectivity index (χ4v) is 3.79. The molecule has 0 bridgehead atoms. The molecule has 0 aliphatic rings. The van der Waals surface area contributed by atoms with E-state index in [-0.39, 0.29) is 0 Å². The summed E-state index contributed by atoms with van der Waals surface area (Å²) >= 11 is 1.60. The molecule has 0 atom stereocenters. The van der Waals surface area contributed by atoms with Gasteiger partial charge >= 0.3 is 0 Å². The first kappa shape index (κ1) is 17.5. The number of thioether (sulfide) groups is 1. The Hall–Kier alpha value is -2.86. The standard InChI is InChI=1S/C21H21N5S/c1-14(2)15-7-9-16(10-8-15)26-12-11-23-21(26)27-13-19-24-18-6-4-3-5-17(18)20(22)25-19/h3-12,14H,13H2,1-2H3,(H2,22,24,25). The Morgan fingerprint density at radius 2 is 1.81 bits per heavy atom. The first-order valence-electron chi connectivity index (χ1n) is 8.89. The zero-order valence-electron chi connectivity index (χ0n) is 15.3. The van der Waals surface area contributed by atoms with Crippen molar-refractivity contribution in [2.24, 2.45) is 0 Å². The van der Waals surface area contributed by atoms with Crippen LogP contribution in [0.2, 0.25) is 0 Å². The van der Waals surface area contributed by atoms with E-state index in [4.69, 9.17) is 5.73 Å². The van der Waals surface area contributed by atoms with Crippen molar-refractivity contribution in [3.63, 3.8) is 0 Å². The molecule has 2 N–H and O–H groups in total. The Morgan fingerprint density at radius 3 is 2.59 bits per heavy atom. The number of nitrogens with two attached hydrogens (primary N) is 1. The summed E-state index contributed by atoms with van der Waals surface area (Å²) in [6.07, 6.45) is 3.79. The second kappa shape index (κ2) is 7.40. The maximum Gasteiger partial charge on any atom is 0.173 e. The van der Waals surface area contributed by atoms with E-state index < -0.39 is 0 Å². The highest BCUT2D eigenvalue weighted by Crippen LogP contribution is 2.26. The largest absolute Gasteiger partial charge is 0.383 e. The lowest BCUT2D eigenvalue weighted by atomic mass is 10.0. The lowest BCUT2D eigenvalue weighted by molar-refractivity contribution is 0.858. The van der Waals surface area contributed by atoms with Crippen molar-refractivity contribution in [1.82, 2.24) is 19.5 Å². The molecule has 2 aromatic heterocycles. The van der Waals surface area contributed by atoms with Gasteiger partial charge in [0.2, 0.25) is 0 Å². The van der Waals surface area contributed by atoms with Gasteiger partial charge in [-0.2, -0.15) is 0 Å². The fraction of sp³-hybridized carbons (Fsp3) is 0.190. The SMILES string of the molecule is CC(C)c1ccc(-n2ccnc2SCc2nc(N)c3ccccc3n2)cc1. The third-order valence-electron chi connectivity index (χ3n) is 4.45. The van der Waals surface area contributed by atoms with Crippen LogP contribution in [-0.2, 0) is 5.75 Å². The summed E-state index contributed by atoms with van der Waals surface area (Å²) in [6, 6.07) is 16.4. The Labute approximate surface area is 162 Å². The monoisotopic (exact) mass is 375 g/mol. The molecular formula is C21H21N5S. The maximum absolute atomic E-state index is 6.08. The molecule has 0 saturated carbocycles. The normalized spacial score (nSPS) is 11.4. The first-order valence-corrected chi connectivity index (χ1v) is 9.88. The van der Waals surface area contributed by atoms with Crippen LogP contribution in [0.3, 0.4) is 0 Å². The molecule has 27 heavy (non-hydrogen) atoms. The summed E-state index contributed by atoms with van der Waals surface area (Å²) in [6.45, 7) is 4.39. The summed E-state index contributed by atoms with van der Waals surface area (Å²) in [5.41, 5.74) is 9.38. The van der Waals surface area contributed by atoms with Gasteiger partial charge in [0.25, 0.3) is 0 Å². The van der Waals surface area contributed by atoms with Gasteiger partial charge in [-0.1, -0.05) is 49.9 Å². The van der Waals surface area contributed by atoms with Crippen LogP contribution >= 0.6 is 11.8 Å². The number of benzene rings is 2. The average molecular weight is 376 g/mol. The Kier molecular flexibility index (Phi) is 4.81. The Balaban J connectivity index is 1.55. The smallest absolute Gasteiger partial charge is 0.173 e. The highest BCUT2D eigenvalue weighted by Gasteiger charge is 2.10. The van der Waals surface area contributed by atoms with Gasteiger partial charge in [0, 0.05) is 23.5 Å². The summed E-state index contributed by atoms with van der Waals surface area (Å²) in [4.78, 5) is 13.6. The summed E-state index contributed by atoms with van der Waals surface area (Å²) in [7, 11) is 0. The number of hydrogen-bond donors (Lipinski definition) is 1. The first-order chi connectivity index (χ1) is 13.1. The average Bonchev–Trinajstić information content (AvgIpc) is 3.15. The molecule has 6 heteroatoms. The molecule has 2 aromatic carbocycles. The highest BCUT2D eigenvalue weighted by atomic mass is 32.2. The minimum Gasteiger partial charge on any atom is -0.383 e. The fourth-order valence-electron chi connectivity index (χ4n) is 2.96. The molecule has 4 rings (SSSR count). The van der Waals surface area contributed by atoms with E-state index >= 15 is 0 Å². The molecule has 0 saturated heterocycles. The van der Waals surface area contributed by atoms with Gasteiger partial charge in [0.05, 0.1) is 11.3 Å². The highest BCUT2D eigenvalue weighted by molar-refractivity contribution is 7.98. The van der Waals surface area contributed by atoms with Crippen molar-refractivity contribution in [2.45, 2.75) is 30.7 Å². The second-order valence-electron chi connectivity index (χ2n) is 6.66. The van der Waals surface area contributed by atoms with E-state index in [9.17, 15) is 0 Å². The maximum atomic E-state index is 6.08. The van der Waals surface area contributed by atoms with Crippen LogP contribution in [0.25, 0.3) is 16.6 Å². The van der Waals surface area contributed by atoms with E-state index in [0.29, 0.717) is 23.3 Å². The molecule has 0 fully saturated rings. The predicted octanol–water partition coefficient (Wildman–Crippen LogP) is 4.81. The van der Waals surface area contributed by atoms with Crippen LogP contribution in [0.15, 0.2) is 66.1 Å². The number of fused-ring (bicyclic) bond motifs is 1. The molecule has 0 unspecified atom stereocenters. The molecule has 4 aromatic rings. The molecule has 0 amide bonds. The van der Waals surface area contributed by atoms with Crippen LogP contribution in [0.5, 0.6) is 0 Å². The Bertz CT molecular complexity index is 1070. The Morgan fingerprint density at radius 1 is 1.04 bits per heavy atom. The van der Waals surface area contributed by atoms with Crippen LogP contribution in [0.4, 0.5) is 5.82 Å². The van der Waals surface area contributed by atoms with Gasteiger partial charge in [-0.3, -0.25) is 4.57 Å². The molecule has 0 aliphatic heterocycles. The molecular weight excluding hydrogens is 354 g/mol. The van der Waals surface area contributed by atoms with Gasteiger partial charge in [-0.25, -0.2) is 15.0 Å². The number of hydrogen-bond acceptors (Lipinski definition) is 5. The quantitative estimate of drug-likeness (QED) is 0.507. The zero-order chi connectivity index (χ0) is 18.8. The number of para-hydroxylation sites is 1. The zero-order valence-corrected chi connectivity index (χ0v) is 16.1. The van der Waals surface area contributed by atoms with Crippen molar-refractivity contribution in [3.05, 3.63) is 72.3 Å². The van der Waals surface area contributed by atoms with Crippen molar-refractivity contribution < 1.29 is 0 Å². The lowest BCUT2D eigenvalue weighted by Gasteiger charge is -2.10. The number of nitrogens with zero attached hydrogens (tertiary/aromatic N) is 4. The number of nitrogen functional groups attached to an aromatic ring is 1. The molecule has 2 heterocycles. The minimum absolute atomic E-state index is 0.517. The topological polar surface area (TPSA) is 69.6 Å². The van der Waals surface area contributed by atoms with Gasteiger partial charge in [0.15, 0.2) is 5.16 Å². The van der Waals surface area contributed by atoms with Crippen LogP contribution < -0.4 is 5.73 Å². The van der Waals surface area contributed by atoms with Gasteiger partial charge in [-0.05, 0) is 35.7 Å². The van der Waals surface area contributed by atoms with Crippen LogP contribution in [-0.4, -0.2) is 19.5 Å². The molecule has 136 valence electrons. The van der Waals surface area contributed by atoms with E-state index in [1.165, 1.54) is 5.56 Å². The van der Waals surface area contributed by atoms with Gasteiger partial charge in [0.1, 0.15) is 11.6 Å². The second-order valence-corrected chi connectivity index (χ2v) is 7.60. The number of aromatic nitrogens is 4. The van der Waals surface area contributed by atoms with E-state index in [1.807, 2.05) is 36.7 Å². The molecule has 0 radical (unpaired) electrons. The third kappa shape index (κ3) is 3.66. The van der Waals surface area contributed by atoms with E-state index in [0.717, 1.165) is 21.7 Å². The molecule has 0 spiro atoms. The van der Waals surface area contributed by atoms with Crippen molar-refractivity contribution in [3.8, 4) is 5.69 Å². The van der Waals surface area contributed by atoms with E-state index in [1.54, 1.807) is 11.8 Å². The molecule has 0 aliphatic carbocycles. The number of rotatable bonds is 5. The van der Waals surface area contributed by atoms with Crippen molar-refractivity contribution in [2.75, 3.05) is 5.73 Å². The predicted molar refractivity (Wildman–Crippen MR) is 111 cm³/mol. The number of imidazole rings is 1.